The van der Waals surface area contributed by atoms with Crippen LogP contribution in [0.4, 0.5) is 10.9 Å². The molecule has 10 heteroatoms. The van der Waals surface area contributed by atoms with E-state index in [-0.39, 0.29) is 18.4 Å². The van der Waals surface area contributed by atoms with Crippen LogP contribution in [0.2, 0.25) is 0 Å². The van der Waals surface area contributed by atoms with Crippen molar-refractivity contribution in [1.82, 2.24) is 15.0 Å². The molecule has 27 heavy (non-hydrogen) atoms. The number of hydrogen-bond donors (Lipinski definition) is 2. The van der Waals surface area contributed by atoms with Crippen LogP contribution in [-0.2, 0) is 17.8 Å². The normalized spacial score (nSPS) is 14.0. The fourth-order valence-electron chi connectivity index (χ4n) is 2.81. The van der Waals surface area contributed by atoms with Crippen molar-refractivity contribution in [3.8, 4) is 0 Å². The van der Waals surface area contributed by atoms with Gasteiger partial charge in [-0.1, -0.05) is 11.2 Å². The molecular formula is C17H17N5O3S2. The quantitative estimate of drug-likeness (QED) is 0.679. The molecule has 2 N–H and O–H groups in total. The molecule has 140 valence electrons. The second-order valence-corrected chi connectivity index (χ2v) is 8.18. The van der Waals surface area contributed by atoms with E-state index in [4.69, 9.17) is 4.52 Å². The van der Waals surface area contributed by atoms with E-state index in [2.05, 4.69) is 20.8 Å². The van der Waals surface area contributed by atoms with Crippen molar-refractivity contribution in [2.24, 2.45) is 0 Å². The molecule has 3 aromatic heterocycles. The van der Waals surface area contributed by atoms with Crippen LogP contribution >= 0.6 is 22.7 Å². The van der Waals surface area contributed by atoms with E-state index in [1.165, 1.54) is 22.7 Å². The van der Waals surface area contributed by atoms with Crippen molar-refractivity contribution >= 4 is 45.4 Å². The van der Waals surface area contributed by atoms with Gasteiger partial charge < -0.3 is 9.84 Å². The second kappa shape index (κ2) is 7.59. The summed E-state index contributed by atoms with van der Waals surface area (Å²) < 4.78 is 4.94. The summed E-state index contributed by atoms with van der Waals surface area (Å²) in [5.41, 5.74) is 0.991. The Bertz CT molecular complexity index is 963. The second-order valence-electron chi connectivity index (χ2n) is 6.15. The minimum Gasteiger partial charge on any atom is -0.360 e. The number of rotatable bonds is 5. The number of thiophene rings is 1. The zero-order valence-corrected chi connectivity index (χ0v) is 16.2. The third-order valence-corrected chi connectivity index (χ3v) is 5.90. The predicted octanol–water partition coefficient (Wildman–Crippen LogP) is 2.75. The maximum Gasteiger partial charge on any atom is 0.267 e. The standard InChI is InChI=1S/C17H17N5O3S2/c1-10-7-14(21-25-10)19-15(23)9-22-5-4-11-13(8-22)27-17(18-11)20-16(24)12-3-2-6-26-12/h2-3,6-7H,4-5,8-9H2,1H3,(H,18,20,24)(H,19,21,23). The van der Waals surface area contributed by atoms with Gasteiger partial charge in [0.05, 0.1) is 17.1 Å². The molecule has 4 rings (SSSR count). The van der Waals surface area contributed by atoms with Gasteiger partial charge in [0, 0.05) is 30.5 Å². The van der Waals surface area contributed by atoms with Gasteiger partial charge in [0.25, 0.3) is 5.91 Å². The lowest BCUT2D eigenvalue weighted by Gasteiger charge is -2.24. The Hall–Kier alpha value is -2.56. The van der Waals surface area contributed by atoms with Gasteiger partial charge in [-0.15, -0.1) is 22.7 Å². The summed E-state index contributed by atoms with van der Waals surface area (Å²) >= 11 is 2.85. The van der Waals surface area contributed by atoms with Crippen LogP contribution in [0.25, 0.3) is 0 Å². The van der Waals surface area contributed by atoms with Crippen LogP contribution < -0.4 is 10.6 Å². The lowest BCUT2D eigenvalue weighted by molar-refractivity contribution is -0.117. The van der Waals surface area contributed by atoms with Gasteiger partial charge in [-0.3, -0.25) is 19.8 Å². The molecule has 4 heterocycles. The number of anilines is 2. The Morgan fingerprint density at radius 3 is 3.00 bits per heavy atom. The van der Waals surface area contributed by atoms with Gasteiger partial charge in [-0.2, -0.15) is 0 Å². The van der Waals surface area contributed by atoms with Crippen molar-refractivity contribution in [3.63, 3.8) is 0 Å². The Morgan fingerprint density at radius 2 is 2.26 bits per heavy atom. The predicted molar refractivity (Wildman–Crippen MR) is 103 cm³/mol. The third kappa shape index (κ3) is 4.24. The zero-order valence-electron chi connectivity index (χ0n) is 14.5. The number of carbonyl (C=O) groups excluding carboxylic acids is 2. The molecule has 0 radical (unpaired) electrons. The largest absolute Gasteiger partial charge is 0.360 e. The summed E-state index contributed by atoms with van der Waals surface area (Å²) in [7, 11) is 0. The summed E-state index contributed by atoms with van der Waals surface area (Å²) in [5.74, 6) is 0.791. The number of thiazole rings is 1. The maximum atomic E-state index is 12.2. The highest BCUT2D eigenvalue weighted by atomic mass is 32.1. The maximum absolute atomic E-state index is 12.2. The van der Waals surface area contributed by atoms with Crippen LogP contribution in [0.5, 0.6) is 0 Å². The monoisotopic (exact) mass is 403 g/mol. The molecule has 1 aliphatic rings. The van der Waals surface area contributed by atoms with Gasteiger partial charge in [0.2, 0.25) is 5.91 Å². The minimum absolute atomic E-state index is 0.137. The molecule has 8 nitrogen and oxygen atoms in total. The first kappa shape index (κ1) is 17.8. The van der Waals surface area contributed by atoms with Crippen LogP contribution in [0.15, 0.2) is 28.1 Å². The number of fused-ring (bicyclic) bond motifs is 1. The summed E-state index contributed by atoms with van der Waals surface area (Å²) in [5, 5.41) is 11.8. The highest BCUT2D eigenvalue weighted by molar-refractivity contribution is 7.16. The van der Waals surface area contributed by atoms with Gasteiger partial charge in [0.1, 0.15) is 5.76 Å². The zero-order chi connectivity index (χ0) is 18.8. The fraction of sp³-hybridized carbons (Fsp3) is 0.294. The number of aryl methyl sites for hydroxylation is 1. The Kier molecular flexibility index (Phi) is 5.01. The number of aromatic nitrogens is 2. The van der Waals surface area contributed by atoms with E-state index >= 15 is 0 Å². The summed E-state index contributed by atoms with van der Waals surface area (Å²) in [6.07, 6.45) is 0.747. The highest BCUT2D eigenvalue weighted by Crippen LogP contribution is 2.28. The molecule has 0 spiro atoms. The van der Waals surface area contributed by atoms with Crippen LogP contribution in [0.1, 0.15) is 26.0 Å². The van der Waals surface area contributed by atoms with E-state index in [1.54, 1.807) is 19.1 Å². The van der Waals surface area contributed by atoms with Crippen molar-refractivity contribution in [2.75, 3.05) is 23.7 Å². The number of hydrogen-bond acceptors (Lipinski definition) is 8. The number of carbonyl (C=O) groups is 2. The molecule has 2 amide bonds. The summed E-state index contributed by atoms with van der Waals surface area (Å²) in [4.78, 5) is 32.7. The lowest BCUT2D eigenvalue weighted by Crippen LogP contribution is -2.36. The molecule has 0 fully saturated rings. The van der Waals surface area contributed by atoms with Crippen LogP contribution in [0.3, 0.4) is 0 Å². The molecular weight excluding hydrogens is 386 g/mol. The summed E-state index contributed by atoms with van der Waals surface area (Å²) in [6.45, 7) is 3.40. The Balaban J connectivity index is 1.35. The van der Waals surface area contributed by atoms with Gasteiger partial charge >= 0.3 is 0 Å². The van der Waals surface area contributed by atoms with Crippen molar-refractivity contribution in [3.05, 3.63) is 44.8 Å². The van der Waals surface area contributed by atoms with E-state index < -0.39 is 0 Å². The molecule has 3 aromatic rings. The molecule has 0 bridgehead atoms. The molecule has 0 aromatic carbocycles. The van der Waals surface area contributed by atoms with Gasteiger partial charge in [-0.05, 0) is 18.4 Å². The van der Waals surface area contributed by atoms with Crippen molar-refractivity contribution in [1.29, 1.82) is 0 Å². The van der Waals surface area contributed by atoms with Crippen LogP contribution in [0, 0.1) is 6.92 Å². The molecule has 0 aliphatic carbocycles. The average molecular weight is 403 g/mol. The van der Waals surface area contributed by atoms with Crippen molar-refractivity contribution in [2.45, 2.75) is 19.9 Å². The topological polar surface area (TPSA) is 100 Å². The molecule has 0 unspecified atom stereocenters. The molecule has 0 saturated heterocycles. The Morgan fingerprint density at radius 1 is 1.37 bits per heavy atom. The Labute approximate surface area is 163 Å². The average Bonchev–Trinajstić information content (AvgIpc) is 3.35. The fourth-order valence-corrected chi connectivity index (χ4v) is 4.48. The first-order valence-electron chi connectivity index (χ1n) is 8.36. The first-order valence-corrected chi connectivity index (χ1v) is 10.1. The van der Waals surface area contributed by atoms with E-state index in [1.807, 2.05) is 16.3 Å². The minimum atomic E-state index is -0.143. The van der Waals surface area contributed by atoms with E-state index in [0.717, 1.165) is 23.5 Å². The molecule has 0 atom stereocenters. The highest BCUT2D eigenvalue weighted by Gasteiger charge is 2.23. The molecule has 1 aliphatic heterocycles. The SMILES string of the molecule is Cc1cc(NC(=O)CN2CCc3nc(NC(=O)c4cccs4)sc3C2)no1. The van der Waals surface area contributed by atoms with Crippen molar-refractivity contribution < 1.29 is 14.1 Å². The molecule has 0 saturated carbocycles. The van der Waals surface area contributed by atoms with Gasteiger partial charge in [0.15, 0.2) is 10.9 Å². The lowest BCUT2D eigenvalue weighted by atomic mass is 10.2. The van der Waals surface area contributed by atoms with E-state index in [0.29, 0.717) is 28.1 Å². The van der Waals surface area contributed by atoms with E-state index in [9.17, 15) is 9.59 Å². The van der Waals surface area contributed by atoms with Gasteiger partial charge in [-0.25, -0.2) is 4.98 Å². The van der Waals surface area contributed by atoms with Crippen LogP contribution in [-0.4, -0.2) is 39.9 Å². The third-order valence-electron chi connectivity index (χ3n) is 4.04. The number of nitrogens with zero attached hydrogens (tertiary/aromatic N) is 3. The number of nitrogens with one attached hydrogen (secondary N) is 2. The number of amides is 2. The summed E-state index contributed by atoms with van der Waals surface area (Å²) in [6, 6.07) is 5.30. The first-order chi connectivity index (χ1) is 13.1. The smallest absolute Gasteiger partial charge is 0.267 e.